The van der Waals surface area contributed by atoms with Crippen LogP contribution in [0.4, 0.5) is 11.4 Å². The van der Waals surface area contributed by atoms with Gasteiger partial charge in [0.1, 0.15) is 0 Å². The molecule has 1 aromatic rings. The molecule has 0 aliphatic carbocycles. The van der Waals surface area contributed by atoms with Crippen molar-refractivity contribution in [2.45, 2.75) is 6.42 Å². The molecule has 0 amide bonds. The van der Waals surface area contributed by atoms with Gasteiger partial charge in [0.2, 0.25) is 10.0 Å². The molecule has 10 heteroatoms. The molecule has 0 fully saturated rings. The number of nitrogens with zero attached hydrogens (tertiary/aromatic N) is 1. The van der Waals surface area contributed by atoms with Crippen LogP contribution in [-0.4, -0.2) is 45.8 Å². The second-order valence-corrected chi connectivity index (χ2v) is 8.83. The zero-order valence-electron chi connectivity index (χ0n) is 11.3. The second-order valence-electron chi connectivity index (χ2n) is 4.43. The van der Waals surface area contributed by atoms with Crippen molar-refractivity contribution < 1.29 is 26.7 Å². The number of hydrogen-bond donors (Lipinski definition) is 2. The first-order valence-electron chi connectivity index (χ1n) is 5.77. The van der Waals surface area contributed by atoms with Gasteiger partial charge in [0.25, 0.3) is 0 Å². The number of benzene rings is 1. The standard InChI is InChI=1S/C11H16N2O6S2/c1-20(16,17)8-21(18,19)13(7-6-11(14)15)10-5-3-2-4-9(10)12/h2-5H,6-8,12H2,1H3,(H,14,15). The van der Waals surface area contributed by atoms with Gasteiger partial charge in [-0.3, -0.25) is 9.10 Å². The van der Waals surface area contributed by atoms with Gasteiger partial charge in [-0.05, 0) is 12.1 Å². The molecule has 0 heterocycles. The van der Waals surface area contributed by atoms with Gasteiger partial charge < -0.3 is 10.8 Å². The van der Waals surface area contributed by atoms with E-state index in [0.717, 1.165) is 10.6 Å². The van der Waals surface area contributed by atoms with E-state index in [4.69, 9.17) is 10.8 Å². The van der Waals surface area contributed by atoms with Crippen molar-refractivity contribution >= 4 is 37.2 Å². The first-order valence-corrected chi connectivity index (χ1v) is 9.44. The molecule has 1 aromatic carbocycles. The summed E-state index contributed by atoms with van der Waals surface area (Å²) in [5, 5.41) is 7.59. The van der Waals surface area contributed by atoms with E-state index < -0.39 is 43.9 Å². The zero-order chi connectivity index (χ0) is 16.3. The van der Waals surface area contributed by atoms with E-state index in [1.54, 1.807) is 6.07 Å². The van der Waals surface area contributed by atoms with E-state index in [-0.39, 0.29) is 11.4 Å². The van der Waals surface area contributed by atoms with E-state index in [1.165, 1.54) is 18.2 Å². The number of carboxylic acid groups (broad SMARTS) is 1. The molecule has 0 unspecified atom stereocenters. The molecule has 0 radical (unpaired) electrons. The largest absolute Gasteiger partial charge is 0.481 e. The first kappa shape index (κ1) is 17.2. The predicted molar refractivity (Wildman–Crippen MR) is 79.1 cm³/mol. The Hall–Kier alpha value is -1.81. The normalized spacial score (nSPS) is 12.0. The number of sulfone groups is 1. The molecular weight excluding hydrogens is 320 g/mol. The summed E-state index contributed by atoms with van der Waals surface area (Å²) >= 11 is 0. The van der Waals surface area contributed by atoms with Crippen molar-refractivity contribution in [1.82, 2.24) is 0 Å². The summed E-state index contributed by atoms with van der Waals surface area (Å²) in [7, 11) is -8.05. The Labute approximate surface area is 123 Å². The number of rotatable bonds is 7. The average Bonchev–Trinajstić information content (AvgIpc) is 2.27. The van der Waals surface area contributed by atoms with Crippen LogP contribution >= 0.6 is 0 Å². The maximum Gasteiger partial charge on any atom is 0.305 e. The fourth-order valence-electron chi connectivity index (χ4n) is 1.66. The summed E-state index contributed by atoms with van der Waals surface area (Å²) in [6.45, 7) is -0.401. The summed E-state index contributed by atoms with van der Waals surface area (Å²) in [6.07, 6.45) is 0.311. The number of carbonyl (C=O) groups is 1. The minimum Gasteiger partial charge on any atom is -0.481 e. The molecule has 0 aliphatic rings. The van der Waals surface area contributed by atoms with Crippen LogP contribution in [0.2, 0.25) is 0 Å². The summed E-state index contributed by atoms with van der Waals surface area (Å²) in [4.78, 5) is 10.7. The van der Waals surface area contributed by atoms with Crippen LogP contribution in [0.15, 0.2) is 24.3 Å². The molecule has 3 N–H and O–H groups in total. The lowest BCUT2D eigenvalue weighted by Crippen LogP contribution is -2.37. The van der Waals surface area contributed by atoms with Crippen LogP contribution in [0.25, 0.3) is 0 Å². The Bertz CT molecular complexity index is 727. The first-order chi connectivity index (χ1) is 9.53. The van der Waals surface area contributed by atoms with E-state index in [0.29, 0.717) is 0 Å². The highest BCUT2D eigenvalue weighted by Crippen LogP contribution is 2.26. The van der Waals surface area contributed by atoms with Crippen LogP contribution in [0.1, 0.15) is 6.42 Å². The molecule has 0 aromatic heterocycles. The average molecular weight is 336 g/mol. The maximum absolute atomic E-state index is 12.2. The van der Waals surface area contributed by atoms with Crippen molar-refractivity contribution in [3.8, 4) is 0 Å². The van der Waals surface area contributed by atoms with Crippen molar-refractivity contribution in [2.24, 2.45) is 0 Å². The van der Waals surface area contributed by atoms with Gasteiger partial charge in [-0.1, -0.05) is 12.1 Å². The molecule has 118 valence electrons. The lowest BCUT2D eigenvalue weighted by molar-refractivity contribution is -0.136. The fourth-order valence-corrected chi connectivity index (χ4v) is 5.16. The highest BCUT2D eigenvalue weighted by atomic mass is 32.3. The van der Waals surface area contributed by atoms with Gasteiger partial charge in [0, 0.05) is 12.8 Å². The predicted octanol–water partition coefficient (Wildman–Crippen LogP) is -0.118. The molecular formula is C11H16N2O6S2. The van der Waals surface area contributed by atoms with Gasteiger partial charge in [-0.2, -0.15) is 0 Å². The van der Waals surface area contributed by atoms with Crippen molar-refractivity contribution in [1.29, 1.82) is 0 Å². The topological polar surface area (TPSA) is 135 Å². The van der Waals surface area contributed by atoms with E-state index >= 15 is 0 Å². The lowest BCUT2D eigenvalue weighted by Gasteiger charge is -2.24. The quantitative estimate of drug-likeness (QED) is 0.663. The summed E-state index contributed by atoms with van der Waals surface area (Å²) < 4.78 is 47.6. The number of hydrogen-bond acceptors (Lipinski definition) is 6. The third kappa shape index (κ3) is 5.23. The minimum atomic E-state index is -4.25. The number of aliphatic carboxylic acids is 1. The highest BCUT2D eigenvalue weighted by Gasteiger charge is 2.28. The van der Waals surface area contributed by atoms with Gasteiger partial charge in [-0.25, -0.2) is 16.8 Å². The maximum atomic E-state index is 12.2. The second kappa shape index (κ2) is 6.31. The molecule has 1 rings (SSSR count). The fraction of sp³-hybridized carbons (Fsp3) is 0.364. The summed E-state index contributed by atoms with van der Waals surface area (Å²) in [5.41, 5.74) is 5.85. The van der Waals surface area contributed by atoms with Crippen LogP contribution in [0.3, 0.4) is 0 Å². The molecule has 21 heavy (non-hydrogen) atoms. The number of nitrogens with two attached hydrogens (primary N) is 1. The molecule has 0 spiro atoms. The van der Waals surface area contributed by atoms with Crippen molar-refractivity contribution in [3.63, 3.8) is 0 Å². The minimum absolute atomic E-state index is 0.0578. The SMILES string of the molecule is CS(=O)(=O)CS(=O)(=O)N(CCC(=O)O)c1ccccc1N. The van der Waals surface area contributed by atoms with Crippen LogP contribution in [0.5, 0.6) is 0 Å². The number of nitrogen functional groups attached to an aromatic ring is 1. The number of para-hydroxylation sites is 2. The molecule has 8 nitrogen and oxygen atoms in total. The summed E-state index contributed by atoms with van der Waals surface area (Å²) in [5.74, 6) is -1.20. The third-order valence-corrected chi connectivity index (χ3v) is 6.39. The highest BCUT2D eigenvalue weighted by molar-refractivity contribution is 8.08. The van der Waals surface area contributed by atoms with Gasteiger partial charge in [-0.15, -0.1) is 0 Å². The van der Waals surface area contributed by atoms with Gasteiger partial charge >= 0.3 is 5.97 Å². The number of sulfonamides is 1. The van der Waals surface area contributed by atoms with Crippen LogP contribution in [-0.2, 0) is 24.7 Å². The molecule has 0 bridgehead atoms. The van der Waals surface area contributed by atoms with E-state index in [2.05, 4.69) is 0 Å². The lowest BCUT2D eigenvalue weighted by atomic mass is 10.2. The smallest absolute Gasteiger partial charge is 0.305 e. The summed E-state index contributed by atoms with van der Waals surface area (Å²) in [6, 6.07) is 5.93. The monoisotopic (exact) mass is 336 g/mol. The van der Waals surface area contributed by atoms with Crippen LogP contribution < -0.4 is 10.0 Å². The zero-order valence-corrected chi connectivity index (χ0v) is 12.9. The Morgan fingerprint density at radius 2 is 1.81 bits per heavy atom. The Balaban J connectivity index is 3.26. The van der Waals surface area contributed by atoms with E-state index in [9.17, 15) is 21.6 Å². The molecule has 0 aliphatic heterocycles. The Morgan fingerprint density at radius 1 is 1.24 bits per heavy atom. The number of carboxylic acids is 1. The van der Waals surface area contributed by atoms with Crippen LogP contribution in [0, 0.1) is 0 Å². The van der Waals surface area contributed by atoms with Crippen molar-refractivity contribution in [2.75, 3.05) is 27.9 Å². The van der Waals surface area contributed by atoms with Gasteiger partial charge in [0.05, 0.1) is 17.8 Å². The molecule has 0 saturated carbocycles. The molecule has 0 saturated heterocycles. The Morgan fingerprint density at radius 3 is 2.29 bits per heavy atom. The number of anilines is 2. The van der Waals surface area contributed by atoms with Crippen molar-refractivity contribution in [3.05, 3.63) is 24.3 Å². The van der Waals surface area contributed by atoms with Gasteiger partial charge in [0.15, 0.2) is 14.9 Å². The third-order valence-electron chi connectivity index (χ3n) is 2.43. The molecule has 0 atom stereocenters. The Kier molecular flexibility index (Phi) is 5.18. The van der Waals surface area contributed by atoms with E-state index in [1.807, 2.05) is 0 Å².